The van der Waals surface area contributed by atoms with Gasteiger partial charge >= 0.3 is 0 Å². The molecule has 132 valence electrons. The first kappa shape index (κ1) is 21.9. The zero-order valence-electron chi connectivity index (χ0n) is 13.8. The van der Waals surface area contributed by atoms with E-state index in [9.17, 15) is 4.79 Å². The monoisotopic (exact) mass is 354 g/mol. The van der Waals surface area contributed by atoms with Crippen molar-refractivity contribution in [3.63, 3.8) is 0 Å². The molecule has 1 aliphatic heterocycles. The molecule has 1 saturated heterocycles. The SMILES string of the molecule is CCN1CCN(CCC(=O)NC(C)(CN)C2CC2)CC1.Cl.Cl. The number of hydrogen-bond donors (Lipinski definition) is 2. The van der Waals surface area contributed by atoms with Crippen LogP contribution < -0.4 is 11.1 Å². The molecule has 3 N–H and O–H groups in total. The Bertz CT molecular complexity index is 334. The molecule has 7 heteroatoms. The zero-order chi connectivity index (χ0) is 14.6. The molecule has 0 spiro atoms. The molecule has 1 amide bonds. The van der Waals surface area contributed by atoms with E-state index in [1.807, 2.05) is 0 Å². The lowest BCUT2D eigenvalue weighted by Crippen LogP contribution is -2.54. The van der Waals surface area contributed by atoms with Crippen molar-refractivity contribution in [3.8, 4) is 0 Å². The average molecular weight is 355 g/mol. The number of nitrogens with one attached hydrogen (secondary N) is 1. The summed E-state index contributed by atoms with van der Waals surface area (Å²) in [5.74, 6) is 0.743. The predicted molar refractivity (Wildman–Crippen MR) is 96.0 cm³/mol. The van der Waals surface area contributed by atoms with Gasteiger partial charge in [0.25, 0.3) is 0 Å². The fourth-order valence-corrected chi connectivity index (χ4v) is 3.01. The first-order chi connectivity index (χ1) is 9.57. The van der Waals surface area contributed by atoms with Gasteiger partial charge in [0.15, 0.2) is 0 Å². The maximum Gasteiger partial charge on any atom is 0.221 e. The van der Waals surface area contributed by atoms with Gasteiger partial charge in [-0.15, -0.1) is 24.8 Å². The summed E-state index contributed by atoms with van der Waals surface area (Å²) in [6.07, 6.45) is 2.99. The lowest BCUT2D eigenvalue weighted by Gasteiger charge is -2.34. The lowest BCUT2D eigenvalue weighted by atomic mass is 9.96. The molecule has 2 rings (SSSR count). The van der Waals surface area contributed by atoms with Crippen LogP contribution in [0.2, 0.25) is 0 Å². The van der Waals surface area contributed by atoms with E-state index < -0.39 is 0 Å². The third-order valence-electron chi connectivity index (χ3n) is 4.89. The Hall–Kier alpha value is -0.0700. The molecule has 1 heterocycles. The fraction of sp³-hybridized carbons (Fsp3) is 0.933. The normalized spacial score (nSPS) is 22.1. The smallest absolute Gasteiger partial charge is 0.221 e. The van der Waals surface area contributed by atoms with E-state index in [2.05, 4.69) is 29.0 Å². The van der Waals surface area contributed by atoms with Gasteiger partial charge in [0, 0.05) is 45.7 Å². The maximum atomic E-state index is 12.1. The van der Waals surface area contributed by atoms with Gasteiger partial charge in [-0.05, 0) is 32.2 Å². The molecule has 1 saturated carbocycles. The summed E-state index contributed by atoms with van der Waals surface area (Å²) in [7, 11) is 0. The number of carbonyl (C=O) groups is 1. The molecule has 1 atom stereocenters. The van der Waals surface area contributed by atoms with Gasteiger partial charge in [0.05, 0.1) is 5.54 Å². The average Bonchev–Trinajstić information content (AvgIpc) is 3.30. The van der Waals surface area contributed by atoms with Crippen LogP contribution in [-0.2, 0) is 4.79 Å². The summed E-state index contributed by atoms with van der Waals surface area (Å²) in [5, 5.41) is 3.16. The first-order valence-corrected chi connectivity index (χ1v) is 8.03. The summed E-state index contributed by atoms with van der Waals surface area (Å²) in [6, 6.07) is 0. The molecule has 0 aromatic carbocycles. The summed E-state index contributed by atoms with van der Waals surface area (Å²) >= 11 is 0. The second-order valence-corrected chi connectivity index (χ2v) is 6.47. The van der Waals surface area contributed by atoms with Gasteiger partial charge in [0.1, 0.15) is 0 Å². The van der Waals surface area contributed by atoms with Crippen LogP contribution in [0.4, 0.5) is 0 Å². The van der Waals surface area contributed by atoms with E-state index in [0.717, 1.165) is 39.3 Å². The molecule has 5 nitrogen and oxygen atoms in total. The molecular formula is C15H32Cl2N4O. The van der Waals surface area contributed by atoms with Gasteiger partial charge in [-0.1, -0.05) is 6.92 Å². The van der Waals surface area contributed by atoms with Crippen molar-refractivity contribution in [2.24, 2.45) is 11.7 Å². The number of carbonyl (C=O) groups excluding carboxylic acids is 1. The summed E-state index contributed by atoms with van der Waals surface area (Å²) in [6.45, 7) is 11.2. The molecule has 0 aromatic heterocycles. The minimum absolute atomic E-state index is 0. The number of halogens is 2. The second-order valence-electron chi connectivity index (χ2n) is 6.47. The Morgan fingerprint density at radius 3 is 2.18 bits per heavy atom. The number of nitrogens with two attached hydrogens (primary N) is 1. The molecule has 0 aromatic rings. The van der Waals surface area contributed by atoms with Crippen molar-refractivity contribution in [1.29, 1.82) is 0 Å². The first-order valence-electron chi connectivity index (χ1n) is 8.03. The molecule has 2 aliphatic rings. The summed E-state index contributed by atoms with van der Waals surface area (Å²) in [4.78, 5) is 17.0. The molecule has 0 radical (unpaired) electrons. The van der Waals surface area contributed by atoms with E-state index in [4.69, 9.17) is 5.73 Å². The minimum atomic E-state index is -0.183. The van der Waals surface area contributed by atoms with E-state index in [1.54, 1.807) is 0 Å². The van der Waals surface area contributed by atoms with Crippen LogP contribution in [-0.4, -0.2) is 67.1 Å². The van der Waals surface area contributed by atoms with E-state index >= 15 is 0 Å². The van der Waals surface area contributed by atoms with Crippen molar-refractivity contribution in [3.05, 3.63) is 0 Å². The number of piperazine rings is 1. The number of hydrogen-bond acceptors (Lipinski definition) is 4. The highest BCUT2D eigenvalue weighted by molar-refractivity contribution is 5.85. The Labute approximate surface area is 147 Å². The number of amides is 1. The zero-order valence-corrected chi connectivity index (χ0v) is 15.5. The Kier molecular flexibility index (Phi) is 9.90. The topological polar surface area (TPSA) is 61.6 Å². The van der Waals surface area contributed by atoms with Crippen LogP contribution in [0.15, 0.2) is 0 Å². The highest BCUT2D eigenvalue weighted by atomic mass is 35.5. The second kappa shape index (κ2) is 9.93. The Balaban J connectivity index is 0.00000220. The standard InChI is InChI=1S/C15H30N4O.2ClH/c1-3-18-8-10-19(11-9-18)7-6-14(20)17-15(2,12-16)13-4-5-13;;/h13H,3-12,16H2,1-2H3,(H,17,20);2*1H. The van der Waals surface area contributed by atoms with Gasteiger partial charge in [0.2, 0.25) is 5.91 Å². The molecule has 2 fully saturated rings. The number of nitrogens with zero attached hydrogens (tertiary/aromatic N) is 2. The molecular weight excluding hydrogens is 323 g/mol. The Morgan fingerprint density at radius 2 is 1.73 bits per heavy atom. The largest absolute Gasteiger partial charge is 0.349 e. The lowest BCUT2D eigenvalue weighted by molar-refractivity contribution is -0.123. The predicted octanol–water partition coefficient (Wildman–Crippen LogP) is 1.10. The van der Waals surface area contributed by atoms with Crippen LogP contribution in [0.5, 0.6) is 0 Å². The summed E-state index contributed by atoms with van der Waals surface area (Å²) in [5.41, 5.74) is 5.65. The van der Waals surface area contributed by atoms with E-state index in [1.165, 1.54) is 12.8 Å². The third kappa shape index (κ3) is 6.20. The van der Waals surface area contributed by atoms with Crippen LogP contribution in [0.25, 0.3) is 0 Å². The van der Waals surface area contributed by atoms with Crippen molar-refractivity contribution < 1.29 is 4.79 Å². The minimum Gasteiger partial charge on any atom is -0.349 e. The molecule has 1 aliphatic carbocycles. The quantitative estimate of drug-likeness (QED) is 0.718. The number of rotatable bonds is 7. The van der Waals surface area contributed by atoms with Crippen molar-refractivity contribution >= 4 is 30.7 Å². The van der Waals surface area contributed by atoms with E-state index in [0.29, 0.717) is 18.9 Å². The fourth-order valence-electron chi connectivity index (χ4n) is 3.01. The van der Waals surface area contributed by atoms with Crippen molar-refractivity contribution in [1.82, 2.24) is 15.1 Å². The van der Waals surface area contributed by atoms with E-state index in [-0.39, 0.29) is 36.3 Å². The van der Waals surface area contributed by atoms with Crippen LogP contribution >= 0.6 is 24.8 Å². The highest BCUT2D eigenvalue weighted by Crippen LogP contribution is 2.38. The molecule has 1 unspecified atom stereocenters. The van der Waals surface area contributed by atoms with Gasteiger partial charge in [-0.25, -0.2) is 0 Å². The van der Waals surface area contributed by atoms with Gasteiger partial charge in [-0.2, -0.15) is 0 Å². The van der Waals surface area contributed by atoms with Gasteiger partial charge in [-0.3, -0.25) is 4.79 Å². The van der Waals surface area contributed by atoms with Gasteiger partial charge < -0.3 is 20.9 Å². The van der Waals surface area contributed by atoms with Crippen molar-refractivity contribution in [2.45, 2.75) is 38.6 Å². The summed E-state index contributed by atoms with van der Waals surface area (Å²) < 4.78 is 0. The number of likely N-dealkylation sites (N-methyl/N-ethyl adjacent to an activating group) is 1. The molecule has 0 bridgehead atoms. The molecule has 22 heavy (non-hydrogen) atoms. The van der Waals surface area contributed by atoms with Crippen LogP contribution in [0, 0.1) is 5.92 Å². The third-order valence-corrected chi connectivity index (χ3v) is 4.89. The van der Waals surface area contributed by atoms with Crippen LogP contribution in [0.3, 0.4) is 0 Å². The van der Waals surface area contributed by atoms with Crippen molar-refractivity contribution in [2.75, 3.05) is 45.8 Å². The maximum absolute atomic E-state index is 12.1. The van der Waals surface area contributed by atoms with Crippen LogP contribution in [0.1, 0.15) is 33.1 Å². The highest BCUT2D eigenvalue weighted by Gasteiger charge is 2.41. The Morgan fingerprint density at radius 1 is 1.18 bits per heavy atom.